The molecule has 0 radical (unpaired) electrons. The molecule has 0 spiro atoms. The van der Waals surface area contributed by atoms with Crippen LogP contribution in [-0.4, -0.2) is 21.7 Å². The molecule has 5 N–H and O–H groups in total. The molecule has 16 heavy (non-hydrogen) atoms. The minimum atomic E-state index is -1.00. The molecule has 1 aromatic rings. The first-order chi connectivity index (χ1) is 7.34. The van der Waals surface area contributed by atoms with Crippen molar-refractivity contribution >= 4 is 5.91 Å². The van der Waals surface area contributed by atoms with Gasteiger partial charge in [0.15, 0.2) is 0 Å². The molecule has 7 heteroatoms. The number of rotatable bonds is 3. The molecular weight excluding hydrogens is 212 g/mol. The SMILES string of the molecule is Cc1c(C)c(=O)n(CC(N)C(N)=O)[nH]c1=O. The zero-order chi connectivity index (χ0) is 12.5. The summed E-state index contributed by atoms with van der Waals surface area (Å²) < 4.78 is 1.00. The predicted octanol–water partition coefficient (Wildman–Crippen LogP) is -2.03. The van der Waals surface area contributed by atoms with E-state index in [-0.39, 0.29) is 17.7 Å². The van der Waals surface area contributed by atoms with Crippen LogP contribution in [0.2, 0.25) is 0 Å². The highest BCUT2D eigenvalue weighted by Gasteiger charge is 2.13. The minimum Gasteiger partial charge on any atom is -0.368 e. The van der Waals surface area contributed by atoms with Gasteiger partial charge in [0.1, 0.15) is 6.04 Å². The van der Waals surface area contributed by atoms with Crippen LogP contribution in [0.3, 0.4) is 0 Å². The molecule has 0 fully saturated rings. The van der Waals surface area contributed by atoms with Crippen molar-refractivity contribution in [3.05, 3.63) is 31.8 Å². The summed E-state index contributed by atoms with van der Waals surface area (Å²) in [6.45, 7) is 2.96. The molecule has 0 saturated carbocycles. The summed E-state index contributed by atoms with van der Waals surface area (Å²) in [6.07, 6.45) is 0. The summed E-state index contributed by atoms with van der Waals surface area (Å²) in [5.74, 6) is -0.731. The Morgan fingerprint density at radius 2 is 1.94 bits per heavy atom. The normalized spacial score (nSPS) is 12.4. The van der Waals surface area contributed by atoms with E-state index in [1.54, 1.807) is 13.8 Å². The molecule has 1 atom stereocenters. The molecule has 88 valence electrons. The number of primary amides is 1. The Bertz CT molecular complexity index is 529. The molecule has 0 saturated heterocycles. The van der Waals surface area contributed by atoms with Gasteiger partial charge in [0.05, 0.1) is 6.54 Å². The number of carbonyl (C=O) groups is 1. The largest absolute Gasteiger partial charge is 0.368 e. The number of nitrogens with one attached hydrogen (secondary N) is 1. The van der Waals surface area contributed by atoms with Crippen LogP contribution >= 0.6 is 0 Å². The van der Waals surface area contributed by atoms with Crippen LogP contribution in [0.15, 0.2) is 9.59 Å². The molecule has 1 amide bonds. The summed E-state index contributed by atoms with van der Waals surface area (Å²) in [5.41, 5.74) is 10.3. The van der Waals surface area contributed by atoms with E-state index in [0.717, 1.165) is 4.68 Å². The van der Waals surface area contributed by atoms with Gasteiger partial charge in [-0.25, -0.2) is 4.68 Å². The topological polar surface area (TPSA) is 124 Å². The fourth-order valence-corrected chi connectivity index (χ4v) is 1.21. The third-order valence-electron chi connectivity index (χ3n) is 2.45. The first-order valence-electron chi connectivity index (χ1n) is 4.69. The van der Waals surface area contributed by atoms with Crippen LogP contribution < -0.4 is 22.6 Å². The van der Waals surface area contributed by atoms with Gasteiger partial charge in [0.25, 0.3) is 11.1 Å². The molecule has 1 heterocycles. The number of hydrogen-bond acceptors (Lipinski definition) is 4. The fraction of sp³-hybridized carbons (Fsp3) is 0.444. The van der Waals surface area contributed by atoms with Crippen molar-refractivity contribution in [1.29, 1.82) is 0 Å². The molecule has 1 rings (SSSR count). The van der Waals surface area contributed by atoms with Gasteiger partial charge < -0.3 is 11.5 Å². The quantitative estimate of drug-likeness (QED) is 0.549. The van der Waals surface area contributed by atoms with E-state index in [0.29, 0.717) is 11.1 Å². The highest BCUT2D eigenvalue weighted by Crippen LogP contribution is 1.91. The molecule has 0 aliphatic rings. The lowest BCUT2D eigenvalue weighted by Gasteiger charge is -2.11. The van der Waals surface area contributed by atoms with E-state index < -0.39 is 11.9 Å². The second kappa shape index (κ2) is 4.31. The number of nitrogens with two attached hydrogens (primary N) is 2. The van der Waals surface area contributed by atoms with Gasteiger partial charge in [-0.2, -0.15) is 0 Å². The van der Waals surface area contributed by atoms with E-state index in [1.165, 1.54) is 0 Å². The Kier molecular flexibility index (Phi) is 3.28. The summed E-state index contributed by atoms with van der Waals surface area (Å²) in [4.78, 5) is 33.8. The van der Waals surface area contributed by atoms with Gasteiger partial charge in [-0.3, -0.25) is 19.5 Å². The van der Waals surface area contributed by atoms with Crippen molar-refractivity contribution in [2.45, 2.75) is 26.4 Å². The third kappa shape index (κ3) is 2.19. The fourth-order valence-electron chi connectivity index (χ4n) is 1.21. The minimum absolute atomic E-state index is 0.134. The van der Waals surface area contributed by atoms with Crippen molar-refractivity contribution in [2.75, 3.05) is 0 Å². The Morgan fingerprint density at radius 3 is 2.44 bits per heavy atom. The molecule has 0 bridgehead atoms. The summed E-state index contributed by atoms with van der Waals surface area (Å²) in [7, 11) is 0. The molecule has 0 aromatic carbocycles. The maximum absolute atomic E-state index is 11.7. The van der Waals surface area contributed by atoms with E-state index in [1.807, 2.05) is 0 Å². The Morgan fingerprint density at radius 1 is 1.38 bits per heavy atom. The Labute approximate surface area is 91.0 Å². The maximum atomic E-state index is 11.7. The zero-order valence-corrected chi connectivity index (χ0v) is 9.11. The molecular formula is C9H14N4O3. The zero-order valence-electron chi connectivity index (χ0n) is 9.11. The second-order valence-corrected chi connectivity index (χ2v) is 3.62. The van der Waals surface area contributed by atoms with Crippen molar-refractivity contribution in [3.63, 3.8) is 0 Å². The summed E-state index contributed by atoms with van der Waals surface area (Å²) in [5, 5.41) is 2.33. The highest BCUT2D eigenvalue weighted by atomic mass is 16.2. The van der Waals surface area contributed by atoms with Crippen molar-refractivity contribution in [2.24, 2.45) is 11.5 Å². The lowest BCUT2D eigenvalue weighted by atomic mass is 10.2. The number of hydrogen-bond donors (Lipinski definition) is 3. The van der Waals surface area contributed by atoms with Crippen LogP contribution in [0, 0.1) is 13.8 Å². The average Bonchev–Trinajstić information content (AvgIpc) is 2.22. The van der Waals surface area contributed by atoms with Crippen LogP contribution in [0.25, 0.3) is 0 Å². The van der Waals surface area contributed by atoms with Crippen LogP contribution in [0.5, 0.6) is 0 Å². The first-order valence-corrected chi connectivity index (χ1v) is 4.69. The maximum Gasteiger partial charge on any atom is 0.268 e. The summed E-state index contributed by atoms with van der Waals surface area (Å²) in [6, 6.07) is -1.00. The van der Waals surface area contributed by atoms with Crippen LogP contribution in [-0.2, 0) is 11.3 Å². The highest BCUT2D eigenvalue weighted by molar-refractivity contribution is 5.79. The second-order valence-electron chi connectivity index (χ2n) is 3.62. The van der Waals surface area contributed by atoms with E-state index in [4.69, 9.17) is 11.5 Å². The average molecular weight is 226 g/mol. The van der Waals surface area contributed by atoms with Gasteiger partial charge in [-0.15, -0.1) is 0 Å². The van der Waals surface area contributed by atoms with Crippen molar-refractivity contribution in [1.82, 2.24) is 9.78 Å². The molecule has 0 aliphatic carbocycles. The van der Waals surface area contributed by atoms with Gasteiger partial charge in [-0.05, 0) is 13.8 Å². The van der Waals surface area contributed by atoms with Crippen molar-refractivity contribution in [3.8, 4) is 0 Å². The smallest absolute Gasteiger partial charge is 0.268 e. The lowest BCUT2D eigenvalue weighted by molar-refractivity contribution is -0.119. The van der Waals surface area contributed by atoms with Gasteiger partial charge in [0.2, 0.25) is 5.91 Å². The number of nitrogens with zero attached hydrogens (tertiary/aromatic N) is 1. The first kappa shape index (κ1) is 12.2. The van der Waals surface area contributed by atoms with E-state index in [9.17, 15) is 14.4 Å². The number of aromatic nitrogens is 2. The van der Waals surface area contributed by atoms with E-state index in [2.05, 4.69) is 5.10 Å². The predicted molar refractivity (Wildman–Crippen MR) is 58.0 cm³/mol. The number of carbonyl (C=O) groups excluding carboxylic acids is 1. The van der Waals surface area contributed by atoms with Crippen LogP contribution in [0.4, 0.5) is 0 Å². The molecule has 1 unspecified atom stereocenters. The number of aromatic amines is 1. The van der Waals surface area contributed by atoms with Gasteiger partial charge in [0, 0.05) is 11.1 Å². The van der Waals surface area contributed by atoms with Gasteiger partial charge >= 0.3 is 0 Å². The van der Waals surface area contributed by atoms with E-state index >= 15 is 0 Å². The lowest BCUT2D eigenvalue weighted by Crippen LogP contribution is -2.44. The Balaban J connectivity index is 3.22. The van der Waals surface area contributed by atoms with Crippen LogP contribution in [0.1, 0.15) is 11.1 Å². The Hall–Kier alpha value is -1.89. The monoisotopic (exact) mass is 226 g/mol. The number of H-pyrrole nitrogens is 1. The third-order valence-corrected chi connectivity index (χ3v) is 2.45. The molecule has 0 aliphatic heterocycles. The number of amides is 1. The summed E-state index contributed by atoms with van der Waals surface area (Å²) >= 11 is 0. The van der Waals surface area contributed by atoms with Gasteiger partial charge in [-0.1, -0.05) is 0 Å². The van der Waals surface area contributed by atoms with Crippen molar-refractivity contribution < 1.29 is 4.79 Å². The molecule has 7 nitrogen and oxygen atoms in total. The molecule has 1 aromatic heterocycles. The standard InChI is InChI=1S/C9H14N4O3/c1-4-5(2)9(16)13(12-8(4)15)3-6(10)7(11)14/h6H,3,10H2,1-2H3,(H2,11,14)(H,12,15).